The number of fused-ring (bicyclic) bond motifs is 1. The van der Waals surface area contributed by atoms with Gasteiger partial charge in [-0.15, -0.1) is 0 Å². The normalized spacial score (nSPS) is 11.2. The number of benzene rings is 1. The first-order chi connectivity index (χ1) is 14.9. The summed E-state index contributed by atoms with van der Waals surface area (Å²) >= 11 is 6.12. The van der Waals surface area contributed by atoms with Crippen molar-refractivity contribution in [3.8, 4) is 5.69 Å². The fourth-order valence-electron chi connectivity index (χ4n) is 3.51. The molecule has 0 bridgehead atoms. The van der Waals surface area contributed by atoms with Crippen molar-refractivity contribution in [2.75, 3.05) is 5.32 Å². The molecule has 10 heteroatoms. The molecule has 0 saturated heterocycles. The van der Waals surface area contributed by atoms with Crippen molar-refractivity contribution < 1.29 is 4.79 Å². The number of rotatable bonds is 6. The monoisotopic (exact) mass is 440 g/mol. The lowest BCUT2D eigenvalue weighted by Gasteiger charge is -2.13. The van der Waals surface area contributed by atoms with Crippen LogP contribution in [-0.2, 0) is 25.4 Å². The Morgan fingerprint density at radius 2 is 1.87 bits per heavy atom. The van der Waals surface area contributed by atoms with Crippen LogP contribution in [0.2, 0.25) is 5.02 Å². The summed E-state index contributed by atoms with van der Waals surface area (Å²) < 4.78 is 5.94. The van der Waals surface area contributed by atoms with Crippen molar-refractivity contribution in [2.24, 2.45) is 14.1 Å². The van der Waals surface area contributed by atoms with E-state index in [0.717, 1.165) is 10.3 Å². The Balaban J connectivity index is 1.47. The van der Waals surface area contributed by atoms with Crippen molar-refractivity contribution in [1.82, 2.24) is 23.3 Å². The molecule has 0 fully saturated rings. The lowest BCUT2D eigenvalue weighted by molar-refractivity contribution is -0.116. The molecule has 3 aromatic heterocycles. The van der Waals surface area contributed by atoms with Crippen molar-refractivity contribution >= 4 is 34.4 Å². The third-order valence-electron chi connectivity index (χ3n) is 5.14. The lowest BCUT2D eigenvalue weighted by atomic mass is 10.2. The van der Waals surface area contributed by atoms with Gasteiger partial charge in [0.1, 0.15) is 0 Å². The van der Waals surface area contributed by atoms with E-state index in [4.69, 9.17) is 11.6 Å². The fourth-order valence-corrected chi connectivity index (χ4v) is 3.67. The number of hydrogen-bond donors (Lipinski definition) is 1. The van der Waals surface area contributed by atoms with E-state index in [-0.39, 0.29) is 12.3 Å². The summed E-state index contributed by atoms with van der Waals surface area (Å²) in [5.74, 6) is -0.152. The van der Waals surface area contributed by atoms with Gasteiger partial charge >= 0.3 is 5.69 Å². The molecule has 1 N–H and O–H groups in total. The molecule has 0 unspecified atom stereocenters. The second kappa shape index (κ2) is 8.27. The Bertz CT molecular complexity index is 1380. The molecule has 0 aliphatic heterocycles. The minimum atomic E-state index is -0.427. The average molecular weight is 441 g/mol. The van der Waals surface area contributed by atoms with Gasteiger partial charge in [0, 0.05) is 44.5 Å². The van der Waals surface area contributed by atoms with E-state index in [1.54, 1.807) is 29.8 Å². The molecule has 1 aromatic carbocycles. The first-order valence-electron chi connectivity index (χ1n) is 9.70. The van der Waals surface area contributed by atoms with Crippen LogP contribution in [0, 0.1) is 0 Å². The number of aryl methyl sites for hydroxylation is 2. The van der Waals surface area contributed by atoms with E-state index in [9.17, 15) is 14.4 Å². The molecule has 31 heavy (non-hydrogen) atoms. The van der Waals surface area contributed by atoms with Gasteiger partial charge in [-0.3, -0.25) is 18.7 Å². The van der Waals surface area contributed by atoms with Gasteiger partial charge < -0.3 is 14.5 Å². The standard InChI is InChI=1S/C21H21ClN6O3/c1-25-19-18(20(30)26(2)21(25)31)28(13-23-19)11-5-6-17(29)24-15-8-7-14(22)12-16(15)27-9-3-4-10-27/h3-4,7-10,12-13H,5-6,11H2,1-2H3,(H,24,29). The Labute approximate surface area is 182 Å². The Hall–Kier alpha value is -3.59. The molecule has 0 aliphatic carbocycles. The molecular formula is C21H21ClN6O3. The first kappa shape index (κ1) is 20.7. The number of hydrogen-bond acceptors (Lipinski definition) is 4. The second-order valence-electron chi connectivity index (χ2n) is 7.22. The number of nitrogens with zero attached hydrogens (tertiary/aromatic N) is 5. The third-order valence-corrected chi connectivity index (χ3v) is 5.37. The maximum absolute atomic E-state index is 12.5. The molecule has 0 spiro atoms. The summed E-state index contributed by atoms with van der Waals surface area (Å²) in [6.45, 7) is 0.419. The van der Waals surface area contributed by atoms with Crippen LogP contribution < -0.4 is 16.6 Å². The van der Waals surface area contributed by atoms with Crippen molar-refractivity contribution in [1.29, 1.82) is 0 Å². The van der Waals surface area contributed by atoms with Crippen LogP contribution in [0.3, 0.4) is 0 Å². The van der Waals surface area contributed by atoms with Gasteiger partial charge in [0.05, 0.1) is 17.7 Å². The van der Waals surface area contributed by atoms with E-state index in [1.807, 2.05) is 29.1 Å². The van der Waals surface area contributed by atoms with Crippen LogP contribution in [0.5, 0.6) is 0 Å². The van der Waals surface area contributed by atoms with Crippen LogP contribution >= 0.6 is 11.6 Å². The molecule has 9 nitrogen and oxygen atoms in total. The van der Waals surface area contributed by atoms with Crippen molar-refractivity contribution in [3.05, 3.63) is 74.9 Å². The van der Waals surface area contributed by atoms with Crippen LogP contribution in [0.1, 0.15) is 12.8 Å². The van der Waals surface area contributed by atoms with Gasteiger partial charge in [-0.1, -0.05) is 11.6 Å². The molecule has 0 aliphatic rings. The number of aromatic nitrogens is 5. The first-order valence-corrected chi connectivity index (χ1v) is 10.1. The Morgan fingerprint density at radius 3 is 2.61 bits per heavy atom. The van der Waals surface area contributed by atoms with E-state index in [1.165, 1.54) is 17.9 Å². The van der Waals surface area contributed by atoms with E-state index >= 15 is 0 Å². The topological polar surface area (TPSA) is 95.8 Å². The van der Waals surface area contributed by atoms with Gasteiger partial charge in [0.2, 0.25) is 5.91 Å². The summed E-state index contributed by atoms with van der Waals surface area (Å²) in [6.07, 6.45) is 6.01. The Kier molecular flexibility index (Phi) is 5.51. The highest BCUT2D eigenvalue weighted by Gasteiger charge is 2.15. The predicted molar refractivity (Wildman–Crippen MR) is 119 cm³/mol. The summed E-state index contributed by atoms with van der Waals surface area (Å²) in [7, 11) is 3.01. The molecule has 4 aromatic rings. The molecule has 4 rings (SSSR count). The molecule has 0 radical (unpaired) electrons. The van der Waals surface area contributed by atoms with Gasteiger partial charge in [-0.2, -0.15) is 0 Å². The molecule has 3 heterocycles. The molecule has 160 valence electrons. The maximum Gasteiger partial charge on any atom is 0.332 e. The molecular weight excluding hydrogens is 420 g/mol. The van der Waals surface area contributed by atoms with Crippen molar-refractivity contribution in [2.45, 2.75) is 19.4 Å². The number of carbonyl (C=O) groups is 1. The van der Waals surface area contributed by atoms with Crippen molar-refractivity contribution in [3.63, 3.8) is 0 Å². The van der Waals surface area contributed by atoms with Gasteiger partial charge in [-0.05, 0) is 36.8 Å². The second-order valence-corrected chi connectivity index (χ2v) is 7.66. The van der Waals surface area contributed by atoms with Crippen LogP contribution in [0.4, 0.5) is 5.69 Å². The molecule has 0 saturated carbocycles. The summed E-state index contributed by atoms with van der Waals surface area (Å²) in [4.78, 5) is 41.3. The van der Waals surface area contributed by atoms with E-state index in [0.29, 0.717) is 34.8 Å². The average Bonchev–Trinajstić information content (AvgIpc) is 3.42. The van der Waals surface area contributed by atoms with Crippen LogP contribution in [-0.4, -0.2) is 29.2 Å². The van der Waals surface area contributed by atoms with Crippen LogP contribution in [0.25, 0.3) is 16.9 Å². The highest BCUT2D eigenvalue weighted by molar-refractivity contribution is 6.30. The van der Waals surface area contributed by atoms with E-state index < -0.39 is 11.2 Å². The zero-order valence-electron chi connectivity index (χ0n) is 17.1. The largest absolute Gasteiger partial charge is 0.332 e. The zero-order chi connectivity index (χ0) is 22.1. The number of nitrogens with one attached hydrogen (secondary N) is 1. The maximum atomic E-state index is 12.5. The Morgan fingerprint density at radius 1 is 1.13 bits per heavy atom. The highest BCUT2D eigenvalue weighted by Crippen LogP contribution is 2.25. The minimum absolute atomic E-state index is 0.152. The van der Waals surface area contributed by atoms with Gasteiger partial charge in [0.25, 0.3) is 5.56 Å². The highest BCUT2D eigenvalue weighted by atomic mass is 35.5. The number of imidazole rings is 1. The summed E-state index contributed by atoms with van der Waals surface area (Å²) in [6, 6.07) is 9.06. The van der Waals surface area contributed by atoms with Crippen LogP contribution in [0.15, 0.2) is 58.6 Å². The smallest absolute Gasteiger partial charge is 0.325 e. The minimum Gasteiger partial charge on any atom is -0.325 e. The zero-order valence-corrected chi connectivity index (χ0v) is 17.8. The summed E-state index contributed by atoms with van der Waals surface area (Å²) in [5, 5.41) is 3.50. The number of amides is 1. The number of anilines is 1. The summed E-state index contributed by atoms with van der Waals surface area (Å²) in [5.41, 5.74) is 1.27. The van der Waals surface area contributed by atoms with Gasteiger partial charge in [-0.25, -0.2) is 9.78 Å². The quantitative estimate of drug-likeness (QED) is 0.497. The van der Waals surface area contributed by atoms with Gasteiger partial charge in [0.15, 0.2) is 11.2 Å². The predicted octanol–water partition coefficient (Wildman–Crippen LogP) is 2.30. The SMILES string of the molecule is Cn1c(=O)c2c(ncn2CCCC(=O)Nc2ccc(Cl)cc2-n2cccc2)n(C)c1=O. The number of halogens is 1. The van der Waals surface area contributed by atoms with E-state index in [2.05, 4.69) is 10.3 Å². The third kappa shape index (κ3) is 3.91. The fraction of sp³-hybridized carbons (Fsp3) is 0.238. The lowest BCUT2D eigenvalue weighted by Crippen LogP contribution is -2.37. The molecule has 1 amide bonds. The molecule has 0 atom stereocenters. The number of carbonyl (C=O) groups excluding carboxylic acids is 1.